The highest BCUT2D eigenvalue weighted by atomic mass is 35.5. The topological polar surface area (TPSA) is 55.8 Å². The first kappa shape index (κ1) is 13.6. The number of aromatic carboxylic acids is 1. The third kappa shape index (κ3) is 3.53. The molecule has 0 unspecified atom stereocenters. The lowest BCUT2D eigenvalue weighted by atomic mass is 10.2. The van der Waals surface area contributed by atoms with Crippen LogP contribution in [0.25, 0.3) is 0 Å². The molecule has 0 aliphatic rings. The fraction of sp³-hybridized carbons (Fsp3) is 0.417. The number of hydrogen-bond donors (Lipinski definition) is 1. The minimum absolute atomic E-state index is 0.00926. The Morgan fingerprint density at radius 1 is 1.47 bits per heavy atom. The SMILES string of the molecule is COc1cc(Cl)c(OCC(C)C)c(C(=O)O)c1. The molecule has 0 fully saturated rings. The van der Waals surface area contributed by atoms with Crippen molar-refractivity contribution in [3.8, 4) is 11.5 Å². The molecule has 1 rings (SSSR count). The summed E-state index contributed by atoms with van der Waals surface area (Å²) < 4.78 is 10.4. The van der Waals surface area contributed by atoms with E-state index < -0.39 is 5.97 Å². The van der Waals surface area contributed by atoms with Crippen LogP contribution in [0, 0.1) is 5.92 Å². The van der Waals surface area contributed by atoms with E-state index in [1.807, 2.05) is 13.8 Å². The van der Waals surface area contributed by atoms with Crippen LogP contribution in [-0.4, -0.2) is 24.8 Å². The zero-order chi connectivity index (χ0) is 13.0. The van der Waals surface area contributed by atoms with E-state index in [2.05, 4.69) is 0 Å². The van der Waals surface area contributed by atoms with Gasteiger partial charge in [-0.2, -0.15) is 0 Å². The summed E-state index contributed by atoms with van der Waals surface area (Å²) in [5.74, 6) is -0.225. The van der Waals surface area contributed by atoms with E-state index in [0.717, 1.165) is 0 Å². The number of halogens is 1. The molecule has 0 atom stereocenters. The van der Waals surface area contributed by atoms with Crippen LogP contribution in [-0.2, 0) is 0 Å². The molecule has 94 valence electrons. The zero-order valence-corrected chi connectivity index (χ0v) is 10.7. The van der Waals surface area contributed by atoms with E-state index >= 15 is 0 Å². The maximum atomic E-state index is 11.1. The standard InChI is InChI=1S/C12H15ClO4/c1-7(2)6-17-11-9(12(14)15)4-8(16-3)5-10(11)13/h4-5,7H,6H2,1-3H3,(H,14,15). The predicted molar refractivity (Wildman–Crippen MR) is 65.3 cm³/mol. The number of carboxylic acids is 1. The van der Waals surface area contributed by atoms with Gasteiger partial charge in [-0.1, -0.05) is 25.4 Å². The van der Waals surface area contributed by atoms with Crippen molar-refractivity contribution in [1.82, 2.24) is 0 Å². The average Bonchev–Trinajstić information content (AvgIpc) is 2.25. The average molecular weight is 259 g/mol. The van der Waals surface area contributed by atoms with Crippen molar-refractivity contribution in [2.45, 2.75) is 13.8 Å². The molecule has 0 saturated heterocycles. The molecule has 0 bridgehead atoms. The second-order valence-electron chi connectivity index (χ2n) is 4.00. The minimum atomic E-state index is -1.09. The van der Waals surface area contributed by atoms with Crippen LogP contribution < -0.4 is 9.47 Å². The Hall–Kier alpha value is -1.42. The molecule has 1 N–H and O–H groups in total. The summed E-state index contributed by atoms with van der Waals surface area (Å²) in [6.07, 6.45) is 0. The van der Waals surface area contributed by atoms with Gasteiger partial charge in [0.1, 0.15) is 11.3 Å². The van der Waals surface area contributed by atoms with Gasteiger partial charge in [-0.05, 0) is 12.0 Å². The molecule has 0 aromatic heterocycles. The van der Waals surface area contributed by atoms with E-state index in [9.17, 15) is 4.79 Å². The van der Waals surface area contributed by atoms with Crippen LogP contribution in [0.15, 0.2) is 12.1 Å². The summed E-state index contributed by atoms with van der Waals surface area (Å²) in [5, 5.41) is 9.32. The molecule has 0 amide bonds. The van der Waals surface area contributed by atoms with Gasteiger partial charge in [0.15, 0.2) is 5.75 Å². The van der Waals surface area contributed by atoms with Gasteiger partial charge in [0.25, 0.3) is 0 Å². The number of benzene rings is 1. The van der Waals surface area contributed by atoms with Gasteiger partial charge in [-0.3, -0.25) is 0 Å². The Bertz CT molecular complexity index is 415. The van der Waals surface area contributed by atoms with Crippen molar-refractivity contribution >= 4 is 17.6 Å². The van der Waals surface area contributed by atoms with Crippen molar-refractivity contribution < 1.29 is 19.4 Å². The number of methoxy groups -OCH3 is 1. The highest BCUT2D eigenvalue weighted by molar-refractivity contribution is 6.32. The lowest BCUT2D eigenvalue weighted by molar-refractivity contribution is 0.0691. The number of hydrogen-bond acceptors (Lipinski definition) is 3. The summed E-state index contributed by atoms with van der Waals surface area (Å²) in [5.41, 5.74) is 0.00926. The monoisotopic (exact) mass is 258 g/mol. The summed E-state index contributed by atoms with van der Waals surface area (Å²) in [6, 6.07) is 2.92. The second-order valence-corrected chi connectivity index (χ2v) is 4.40. The Balaban J connectivity index is 3.12. The molecule has 0 aliphatic carbocycles. The molecule has 1 aromatic rings. The minimum Gasteiger partial charge on any atom is -0.497 e. The highest BCUT2D eigenvalue weighted by Gasteiger charge is 2.17. The van der Waals surface area contributed by atoms with Crippen LogP contribution in [0.2, 0.25) is 5.02 Å². The number of carbonyl (C=O) groups is 1. The quantitative estimate of drug-likeness (QED) is 0.882. The van der Waals surface area contributed by atoms with E-state index in [1.165, 1.54) is 19.2 Å². The van der Waals surface area contributed by atoms with Crippen LogP contribution >= 0.6 is 11.6 Å². The van der Waals surface area contributed by atoms with Gasteiger partial charge in [0.05, 0.1) is 18.7 Å². The molecule has 1 aromatic carbocycles. The van der Waals surface area contributed by atoms with E-state index in [4.69, 9.17) is 26.2 Å². The maximum absolute atomic E-state index is 11.1. The fourth-order valence-corrected chi connectivity index (χ4v) is 1.51. The van der Waals surface area contributed by atoms with E-state index in [1.54, 1.807) is 0 Å². The molecule has 0 aliphatic heterocycles. The van der Waals surface area contributed by atoms with Crippen molar-refractivity contribution in [2.75, 3.05) is 13.7 Å². The van der Waals surface area contributed by atoms with E-state index in [-0.39, 0.29) is 22.3 Å². The molecule has 0 spiro atoms. The van der Waals surface area contributed by atoms with Crippen LogP contribution in [0.4, 0.5) is 0 Å². The summed E-state index contributed by atoms with van der Waals surface area (Å²) in [6.45, 7) is 4.35. The van der Waals surface area contributed by atoms with Crippen molar-refractivity contribution in [3.05, 3.63) is 22.7 Å². The van der Waals surface area contributed by atoms with Gasteiger partial charge < -0.3 is 14.6 Å². The number of rotatable bonds is 5. The summed E-state index contributed by atoms with van der Waals surface area (Å²) >= 11 is 5.97. The van der Waals surface area contributed by atoms with Crippen LogP contribution in [0.1, 0.15) is 24.2 Å². The highest BCUT2D eigenvalue weighted by Crippen LogP contribution is 2.33. The molecule has 17 heavy (non-hydrogen) atoms. The molecule has 5 heteroatoms. The second kappa shape index (κ2) is 5.77. The van der Waals surface area contributed by atoms with E-state index in [0.29, 0.717) is 12.4 Å². The molecule has 0 saturated carbocycles. The Morgan fingerprint density at radius 3 is 2.59 bits per heavy atom. The lowest BCUT2D eigenvalue weighted by Gasteiger charge is -2.13. The summed E-state index contributed by atoms with van der Waals surface area (Å²) in [4.78, 5) is 11.1. The zero-order valence-electron chi connectivity index (χ0n) is 9.99. The molecular formula is C12H15ClO4. The van der Waals surface area contributed by atoms with Gasteiger partial charge in [-0.15, -0.1) is 0 Å². The Kier molecular flexibility index (Phi) is 4.63. The number of carboxylic acid groups (broad SMARTS) is 1. The third-order valence-electron chi connectivity index (χ3n) is 2.04. The Labute approximate surface area is 105 Å². The largest absolute Gasteiger partial charge is 0.497 e. The normalized spacial score (nSPS) is 10.4. The van der Waals surface area contributed by atoms with Crippen molar-refractivity contribution in [3.63, 3.8) is 0 Å². The van der Waals surface area contributed by atoms with Crippen molar-refractivity contribution in [1.29, 1.82) is 0 Å². The lowest BCUT2D eigenvalue weighted by Crippen LogP contribution is -2.09. The molecular weight excluding hydrogens is 244 g/mol. The van der Waals surface area contributed by atoms with Gasteiger partial charge in [-0.25, -0.2) is 4.79 Å². The first-order chi connectivity index (χ1) is 7.95. The third-order valence-corrected chi connectivity index (χ3v) is 2.32. The molecule has 0 radical (unpaired) electrons. The molecule has 0 heterocycles. The maximum Gasteiger partial charge on any atom is 0.339 e. The van der Waals surface area contributed by atoms with Gasteiger partial charge in [0, 0.05) is 6.07 Å². The summed E-state index contributed by atoms with van der Waals surface area (Å²) in [7, 11) is 1.45. The molecule has 4 nitrogen and oxygen atoms in total. The fourth-order valence-electron chi connectivity index (χ4n) is 1.24. The number of ether oxygens (including phenoxy) is 2. The van der Waals surface area contributed by atoms with Crippen LogP contribution in [0.5, 0.6) is 11.5 Å². The Morgan fingerprint density at radius 2 is 2.12 bits per heavy atom. The predicted octanol–water partition coefficient (Wildman–Crippen LogP) is 3.08. The van der Waals surface area contributed by atoms with Crippen molar-refractivity contribution in [2.24, 2.45) is 5.92 Å². The first-order valence-corrected chi connectivity index (χ1v) is 5.57. The van der Waals surface area contributed by atoms with Crippen LogP contribution in [0.3, 0.4) is 0 Å². The smallest absolute Gasteiger partial charge is 0.339 e. The van der Waals surface area contributed by atoms with Gasteiger partial charge >= 0.3 is 5.97 Å². The first-order valence-electron chi connectivity index (χ1n) is 5.19. The van der Waals surface area contributed by atoms with Gasteiger partial charge in [0.2, 0.25) is 0 Å².